The van der Waals surface area contributed by atoms with Crippen molar-refractivity contribution in [3.05, 3.63) is 0 Å². The van der Waals surface area contributed by atoms with Gasteiger partial charge >= 0.3 is 0 Å². The highest BCUT2D eigenvalue weighted by atomic mass is 16.1. The maximum Gasteiger partial charge on any atom is 0.234 e. The highest BCUT2D eigenvalue weighted by Crippen LogP contribution is 1.74. The molecular weight excluding hydrogens is 116 g/mol. The molecule has 0 spiro atoms. The summed E-state index contributed by atoms with van der Waals surface area (Å²) in [5.41, 5.74) is 4.91. The fourth-order valence-corrected chi connectivity index (χ4v) is 0.313. The maximum atomic E-state index is 10.3. The first-order valence-electron chi connectivity index (χ1n) is 2.64. The van der Waals surface area contributed by atoms with Crippen molar-refractivity contribution < 1.29 is 4.79 Å². The van der Waals surface area contributed by atoms with E-state index in [-0.39, 0.29) is 11.9 Å². The molecule has 0 aliphatic rings. The molecule has 0 unspecified atom stereocenters. The monoisotopic (exact) mass is 126 g/mol. The van der Waals surface area contributed by atoms with Crippen molar-refractivity contribution in [2.24, 2.45) is 5.73 Å². The first-order valence-corrected chi connectivity index (χ1v) is 2.64. The van der Waals surface area contributed by atoms with Gasteiger partial charge in [0, 0.05) is 0 Å². The summed E-state index contributed by atoms with van der Waals surface area (Å²) in [6.07, 6.45) is 4.91. The number of primary amides is 1. The van der Waals surface area contributed by atoms with Crippen LogP contribution in [0.5, 0.6) is 0 Å². The van der Waals surface area contributed by atoms with E-state index in [0.717, 1.165) is 0 Å². The number of nitrogens with two attached hydrogens (primary N) is 1. The minimum atomic E-state index is -0.384. The molecule has 1 atom stereocenters. The number of carbonyl (C=O) groups is 1. The molecule has 3 N–H and O–H groups in total. The van der Waals surface area contributed by atoms with E-state index in [0.29, 0.717) is 6.54 Å². The molecule has 0 saturated heterocycles. The summed E-state index contributed by atoms with van der Waals surface area (Å²) in [6.45, 7) is 2.05. The number of hydrogen-bond donors (Lipinski definition) is 2. The van der Waals surface area contributed by atoms with Crippen molar-refractivity contribution >= 4 is 5.91 Å². The SMILES string of the molecule is C#CCN[C@@H](C)C(N)=O. The Balaban J connectivity index is 3.41. The van der Waals surface area contributed by atoms with Gasteiger partial charge in [-0.15, -0.1) is 6.42 Å². The van der Waals surface area contributed by atoms with E-state index in [1.54, 1.807) is 6.92 Å². The second kappa shape index (κ2) is 3.93. The van der Waals surface area contributed by atoms with E-state index in [4.69, 9.17) is 12.2 Å². The summed E-state index contributed by atoms with van der Waals surface area (Å²) in [6, 6.07) is -0.332. The molecular formula is C6H10N2O. The largest absolute Gasteiger partial charge is 0.368 e. The Hall–Kier alpha value is -1.01. The Labute approximate surface area is 54.6 Å². The molecule has 3 heteroatoms. The molecule has 0 aromatic rings. The Morgan fingerprint density at radius 2 is 2.56 bits per heavy atom. The van der Waals surface area contributed by atoms with Gasteiger partial charge in [0.05, 0.1) is 12.6 Å². The average Bonchev–Trinajstić information content (AvgIpc) is 1.82. The summed E-state index contributed by atoms with van der Waals surface area (Å²) in [5.74, 6) is 1.95. The van der Waals surface area contributed by atoms with Crippen LogP contribution in [0.2, 0.25) is 0 Å². The van der Waals surface area contributed by atoms with Gasteiger partial charge in [0.2, 0.25) is 5.91 Å². The number of carbonyl (C=O) groups excluding carboxylic acids is 1. The summed E-state index contributed by atoms with van der Waals surface area (Å²) in [5, 5.41) is 2.72. The standard InChI is InChI=1S/C6H10N2O/c1-3-4-8-5(2)6(7)9/h1,5,8H,4H2,2H3,(H2,7,9)/t5-/m0/s1. The van der Waals surface area contributed by atoms with E-state index in [2.05, 4.69) is 11.2 Å². The number of hydrogen-bond acceptors (Lipinski definition) is 2. The molecule has 0 saturated carbocycles. The first-order chi connectivity index (χ1) is 4.18. The quantitative estimate of drug-likeness (QED) is 0.481. The first kappa shape index (κ1) is 7.99. The van der Waals surface area contributed by atoms with Gasteiger partial charge in [0.25, 0.3) is 0 Å². The number of rotatable bonds is 3. The van der Waals surface area contributed by atoms with Crippen LogP contribution in [0.4, 0.5) is 0 Å². The van der Waals surface area contributed by atoms with Crippen molar-refractivity contribution in [3.8, 4) is 12.3 Å². The van der Waals surface area contributed by atoms with E-state index < -0.39 is 0 Å². The maximum absolute atomic E-state index is 10.3. The van der Waals surface area contributed by atoms with Gasteiger partial charge in [0.15, 0.2) is 0 Å². The lowest BCUT2D eigenvalue weighted by molar-refractivity contribution is -0.119. The molecule has 1 amide bonds. The van der Waals surface area contributed by atoms with E-state index in [9.17, 15) is 4.79 Å². The highest BCUT2D eigenvalue weighted by Gasteiger charge is 2.04. The topological polar surface area (TPSA) is 55.1 Å². The van der Waals surface area contributed by atoms with E-state index >= 15 is 0 Å². The molecule has 0 heterocycles. The molecule has 0 fully saturated rings. The molecule has 0 aromatic heterocycles. The molecule has 0 aliphatic carbocycles. The Kier molecular flexibility index (Phi) is 3.49. The fourth-order valence-electron chi connectivity index (χ4n) is 0.313. The lowest BCUT2D eigenvalue weighted by Gasteiger charge is -2.04. The van der Waals surface area contributed by atoms with Crippen molar-refractivity contribution in [2.75, 3.05) is 6.54 Å². The number of nitrogens with one attached hydrogen (secondary N) is 1. The molecule has 50 valence electrons. The van der Waals surface area contributed by atoms with Gasteiger partial charge in [-0.1, -0.05) is 5.92 Å². The third-order valence-electron chi connectivity index (χ3n) is 0.937. The zero-order chi connectivity index (χ0) is 7.28. The Morgan fingerprint density at radius 3 is 2.89 bits per heavy atom. The van der Waals surface area contributed by atoms with Crippen LogP contribution in [0.15, 0.2) is 0 Å². The summed E-state index contributed by atoms with van der Waals surface area (Å²) >= 11 is 0. The predicted octanol–water partition coefficient (Wildman–Crippen LogP) is -0.917. The molecule has 0 radical (unpaired) electrons. The molecule has 3 nitrogen and oxygen atoms in total. The number of terminal acetylenes is 1. The predicted molar refractivity (Wildman–Crippen MR) is 35.5 cm³/mol. The second-order valence-electron chi connectivity index (χ2n) is 1.71. The van der Waals surface area contributed by atoms with Crippen LogP contribution in [-0.4, -0.2) is 18.5 Å². The molecule has 0 aliphatic heterocycles. The van der Waals surface area contributed by atoms with Gasteiger partial charge in [-0.2, -0.15) is 0 Å². The molecule has 0 bridgehead atoms. The summed E-state index contributed by atoms with van der Waals surface area (Å²) in [4.78, 5) is 10.3. The van der Waals surface area contributed by atoms with E-state index in [1.165, 1.54) is 0 Å². The third-order valence-corrected chi connectivity index (χ3v) is 0.937. The van der Waals surface area contributed by atoms with Gasteiger partial charge in [-0.05, 0) is 6.92 Å². The van der Waals surface area contributed by atoms with Crippen molar-refractivity contribution in [2.45, 2.75) is 13.0 Å². The van der Waals surface area contributed by atoms with Crippen LogP contribution in [-0.2, 0) is 4.79 Å². The zero-order valence-electron chi connectivity index (χ0n) is 5.35. The summed E-state index contributed by atoms with van der Waals surface area (Å²) < 4.78 is 0. The van der Waals surface area contributed by atoms with Crippen LogP contribution in [0.1, 0.15) is 6.92 Å². The lowest BCUT2D eigenvalue weighted by atomic mass is 10.3. The average molecular weight is 126 g/mol. The van der Waals surface area contributed by atoms with Gasteiger partial charge in [-0.3, -0.25) is 10.1 Å². The van der Waals surface area contributed by atoms with Crippen molar-refractivity contribution in [1.29, 1.82) is 0 Å². The minimum absolute atomic E-state index is 0.332. The van der Waals surface area contributed by atoms with Gasteiger partial charge < -0.3 is 5.73 Å². The van der Waals surface area contributed by atoms with Crippen molar-refractivity contribution in [1.82, 2.24) is 5.32 Å². The number of amides is 1. The smallest absolute Gasteiger partial charge is 0.234 e. The van der Waals surface area contributed by atoms with Crippen LogP contribution < -0.4 is 11.1 Å². The lowest BCUT2D eigenvalue weighted by Crippen LogP contribution is -2.38. The fraction of sp³-hybridized carbons (Fsp3) is 0.500. The molecule has 0 aromatic carbocycles. The van der Waals surface area contributed by atoms with Crippen molar-refractivity contribution in [3.63, 3.8) is 0 Å². The van der Waals surface area contributed by atoms with Crippen LogP contribution in [0.25, 0.3) is 0 Å². The third kappa shape index (κ3) is 3.56. The van der Waals surface area contributed by atoms with Crippen LogP contribution in [0, 0.1) is 12.3 Å². The highest BCUT2D eigenvalue weighted by molar-refractivity contribution is 5.79. The Bertz CT molecular complexity index is 136. The van der Waals surface area contributed by atoms with Crippen LogP contribution in [0.3, 0.4) is 0 Å². The minimum Gasteiger partial charge on any atom is -0.368 e. The van der Waals surface area contributed by atoms with E-state index in [1.807, 2.05) is 0 Å². The molecule has 0 rings (SSSR count). The second-order valence-corrected chi connectivity index (χ2v) is 1.71. The normalized spacial score (nSPS) is 12.0. The Morgan fingerprint density at radius 1 is 2.00 bits per heavy atom. The molecule has 9 heavy (non-hydrogen) atoms. The van der Waals surface area contributed by atoms with Crippen LogP contribution >= 0.6 is 0 Å². The van der Waals surface area contributed by atoms with Gasteiger partial charge in [0.1, 0.15) is 0 Å². The van der Waals surface area contributed by atoms with Gasteiger partial charge in [-0.25, -0.2) is 0 Å². The summed E-state index contributed by atoms with van der Waals surface area (Å²) in [7, 11) is 0. The zero-order valence-corrected chi connectivity index (χ0v) is 5.35.